The van der Waals surface area contributed by atoms with Crippen molar-refractivity contribution < 1.29 is 14.7 Å². The van der Waals surface area contributed by atoms with Crippen LogP contribution in [-0.4, -0.2) is 21.7 Å². The maximum absolute atomic E-state index is 13.6. The van der Waals surface area contributed by atoms with Crippen LogP contribution < -0.4 is 0 Å². The number of carbonyl (C=O) groups is 2. The highest BCUT2D eigenvalue weighted by atomic mass is 16.3. The molecule has 0 radical (unpaired) electrons. The highest BCUT2D eigenvalue weighted by Crippen LogP contribution is 2.42. The normalized spacial score (nSPS) is 17.4. The van der Waals surface area contributed by atoms with Crippen LogP contribution in [0.5, 0.6) is 0 Å². The number of aliphatic hydroxyl groups excluding tert-OH is 1. The minimum atomic E-state index is -0.706. The fourth-order valence-corrected chi connectivity index (χ4v) is 5.29. The zero-order valence-electron chi connectivity index (χ0n) is 22.6. The zero-order valence-corrected chi connectivity index (χ0v) is 22.6. The molecular weight excluding hydrogens is 470 g/mol. The summed E-state index contributed by atoms with van der Waals surface area (Å²) in [6.07, 6.45) is 0. The van der Waals surface area contributed by atoms with Gasteiger partial charge < -0.3 is 10.0 Å². The van der Waals surface area contributed by atoms with Gasteiger partial charge in [0.2, 0.25) is 0 Å². The van der Waals surface area contributed by atoms with E-state index in [2.05, 4.69) is 26.8 Å². The van der Waals surface area contributed by atoms with Crippen molar-refractivity contribution in [3.63, 3.8) is 0 Å². The molecule has 0 saturated carbocycles. The Balaban J connectivity index is 1.71. The number of likely N-dealkylation sites (tertiary alicyclic amines) is 1. The van der Waals surface area contributed by atoms with E-state index in [1.165, 1.54) is 0 Å². The summed E-state index contributed by atoms with van der Waals surface area (Å²) in [5.74, 6) is -1.41. The fraction of sp³-hybridized carbons (Fsp3) is 0.235. The number of hydrogen-bond donors (Lipinski definition) is 1. The molecule has 0 bridgehead atoms. The Hall–Kier alpha value is -4.18. The molecule has 4 nitrogen and oxygen atoms in total. The Morgan fingerprint density at radius 3 is 2.26 bits per heavy atom. The van der Waals surface area contributed by atoms with Crippen LogP contribution in [0.2, 0.25) is 0 Å². The number of Topliss-reactive ketones (excluding diaryl/α,β-unsaturated/α-hetero) is 1. The quantitative estimate of drug-likeness (QED) is 0.180. The highest BCUT2D eigenvalue weighted by Gasteiger charge is 2.46. The molecule has 1 aliphatic heterocycles. The van der Waals surface area contributed by atoms with E-state index in [4.69, 9.17) is 0 Å². The first-order valence-electron chi connectivity index (χ1n) is 13.0. The Kier molecular flexibility index (Phi) is 6.44. The van der Waals surface area contributed by atoms with Crippen LogP contribution in [0.4, 0.5) is 0 Å². The average Bonchev–Trinajstić information content (AvgIpc) is 3.14. The molecule has 4 heteroatoms. The standard InChI is InChI=1S/C34H33NO3/c1-21-13-14-22(2)25(19-21)20-35-30(24-15-17-26(18-16-24)34(3,4)5)29(32(37)33(35)38)31(36)28-12-8-10-23-9-6-7-11-27(23)28/h6-19,30,36H,20H2,1-5H3/b31-29-. The summed E-state index contributed by atoms with van der Waals surface area (Å²) in [5, 5.41) is 13.5. The molecule has 1 amide bonds. The summed E-state index contributed by atoms with van der Waals surface area (Å²) in [7, 11) is 0. The molecule has 0 spiro atoms. The second kappa shape index (κ2) is 9.60. The number of aryl methyl sites for hydroxylation is 2. The highest BCUT2D eigenvalue weighted by molar-refractivity contribution is 6.46. The van der Waals surface area contributed by atoms with Gasteiger partial charge in [-0.3, -0.25) is 9.59 Å². The third-order valence-corrected chi connectivity index (χ3v) is 7.52. The molecule has 1 aliphatic rings. The van der Waals surface area contributed by atoms with Gasteiger partial charge in [-0.2, -0.15) is 0 Å². The third-order valence-electron chi connectivity index (χ3n) is 7.52. The van der Waals surface area contributed by atoms with E-state index in [1.54, 1.807) is 11.0 Å². The van der Waals surface area contributed by atoms with E-state index in [9.17, 15) is 14.7 Å². The lowest BCUT2D eigenvalue weighted by Crippen LogP contribution is -2.29. The van der Waals surface area contributed by atoms with Gasteiger partial charge in [0.15, 0.2) is 0 Å². The van der Waals surface area contributed by atoms with Crippen molar-refractivity contribution in [2.75, 3.05) is 0 Å². The monoisotopic (exact) mass is 503 g/mol. The molecule has 1 N–H and O–H groups in total. The Labute approximate surface area is 224 Å². The number of rotatable bonds is 4. The van der Waals surface area contributed by atoms with Gasteiger partial charge in [-0.1, -0.05) is 111 Å². The average molecular weight is 504 g/mol. The predicted molar refractivity (Wildman–Crippen MR) is 153 cm³/mol. The SMILES string of the molecule is Cc1ccc(C)c(CN2C(=O)C(=O)/C(=C(\O)c3cccc4ccccc34)C2c2ccc(C(C)(C)C)cc2)c1. The van der Waals surface area contributed by atoms with Gasteiger partial charge in [0, 0.05) is 12.1 Å². The summed E-state index contributed by atoms with van der Waals surface area (Å²) in [6.45, 7) is 10.7. The van der Waals surface area contributed by atoms with E-state index in [0.717, 1.165) is 38.6 Å². The molecule has 4 aromatic rings. The Morgan fingerprint density at radius 1 is 0.868 bits per heavy atom. The third kappa shape index (κ3) is 4.51. The van der Waals surface area contributed by atoms with Crippen LogP contribution in [0.15, 0.2) is 90.5 Å². The van der Waals surface area contributed by atoms with Crippen LogP contribution in [0, 0.1) is 13.8 Å². The Bertz CT molecular complexity index is 1580. The molecule has 1 fully saturated rings. The van der Waals surface area contributed by atoms with E-state index >= 15 is 0 Å². The number of carbonyl (C=O) groups excluding carboxylic acids is 2. The van der Waals surface area contributed by atoms with Crippen LogP contribution in [0.3, 0.4) is 0 Å². The topological polar surface area (TPSA) is 57.6 Å². The van der Waals surface area contributed by atoms with Gasteiger partial charge in [-0.25, -0.2) is 0 Å². The lowest BCUT2D eigenvalue weighted by atomic mass is 9.85. The summed E-state index contributed by atoms with van der Waals surface area (Å²) >= 11 is 0. The number of hydrogen-bond acceptors (Lipinski definition) is 3. The van der Waals surface area contributed by atoms with E-state index < -0.39 is 17.7 Å². The van der Waals surface area contributed by atoms with Crippen molar-refractivity contribution in [1.29, 1.82) is 0 Å². The van der Waals surface area contributed by atoms with Crippen molar-refractivity contribution in [2.24, 2.45) is 0 Å². The molecule has 1 atom stereocenters. The first kappa shape index (κ1) is 25.5. The van der Waals surface area contributed by atoms with Crippen LogP contribution >= 0.6 is 0 Å². The minimum Gasteiger partial charge on any atom is -0.507 e. The second-order valence-electron chi connectivity index (χ2n) is 11.3. The molecule has 0 aliphatic carbocycles. The van der Waals surface area contributed by atoms with Gasteiger partial charge in [-0.15, -0.1) is 0 Å². The van der Waals surface area contributed by atoms with E-state index in [0.29, 0.717) is 5.56 Å². The van der Waals surface area contributed by atoms with Crippen molar-refractivity contribution in [3.8, 4) is 0 Å². The van der Waals surface area contributed by atoms with Gasteiger partial charge in [0.05, 0.1) is 11.6 Å². The zero-order chi connectivity index (χ0) is 27.2. The second-order valence-corrected chi connectivity index (χ2v) is 11.3. The first-order chi connectivity index (χ1) is 18.1. The fourth-order valence-electron chi connectivity index (χ4n) is 5.29. The van der Waals surface area contributed by atoms with Crippen LogP contribution in [0.25, 0.3) is 16.5 Å². The summed E-state index contributed by atoms with van der Waals surface area (Å²) in [6, 6.07) is 26.8. The molecular formula is C34H33NO3. The molecule has 192 valence electrons. The van der Waals surface area contributed by atoms with Crippen molar-refractivity contribution in [3.05, 3.63) is 124 Å². The van der Waals surface area contributed by atoms with Crippen molar-refractivity contribution in [1.82, 2.24) is 4.90 Å². The van der Waals surface area contributed by atoms with Crippen LogP contribution in [-0.2, 0) is 21.5 Å². The summed E-state index contributed by atoms with van der Waals surface area (Å²) in [5.41, 5.74) is 5.70. The van der Waals surface area contributed by atoms with Crippen molar-refractivity contribution in [2.45, 2.75) is 52.6 Å². The van der Waals surface area contributed by atoms with Gasteiger partial charge in [0.25, 0.3) is 11.7 Å². The van der Waals surface area contributed by atoms with E-state index in [-0.39, 0.29) is 23.3 Å². The van der Waals surface area contributed by atoms with Crippen LogP contribution in [0.1, 0.15) is 60.2 Å². The molecule has 38 heavy (non-hydrogen) atoms. The molecule has 1 unspecified atom stereocenters. The molecule has 5 rings (SSSR count). The number of amides is 1. The lowest BCUT2D eigenvalue weighted by molar-refractivity contribution is -0.140. The largest absolute Gasteiger partial charge is 0.507 e. The maximum atomic E-state index is 13.6. The van der Waals surface area contributed by atoms with Gasteiger partial charge in [0.1, 0.15) is 5.76 Å². The van der Waals surface area contributed by atoms with Crippen molar-refractivity contribution >= 4 is 28.2 Å². The molecule has 4 aromatic carbocycles. The Morgan fingerprint density at radius 2 is 1.55 bits per heavy atom. The van der Waals surface area contributed by atoms with E-state index in [1.807, 2.05) is 86.6 Å². The summed E-state index contributed by atoms with van der Waals surface area (Å²) < 4.78 is 0. The van der Waals surface area contributed by atoms with Gasteiger partial charge >= 0.3 is 0 Å². The number of aliphatic hydroxyl groups is 1. The predicted octanol–water partition coefficient (Wildman–Crippen LogP) is 7.38. The molecule has 1 heterocycles. The van der Waals surface area contributed by atoms with Gasteiger partial charge in [-0.05, 0) is 52.3 Å². The number of fused-ring (bicyclic) bond motifs is 1. The lowest BCUT2D eigenvalue weighted by Gasteiger charge is -2.27. The first-order valence-corrected chi connectivity index (χ1v) is 13.0. The number of nitrogens with zero attached hydrogens (tertiary/aromatic N) is 1. The maximum Gasteiger partial charge on any atom is 0.295 e. The minimum absolute atomic E-state index is 0.0397. The molecule has 1 saturated heterocycles. The number of benzene rings is 4. The number of ketones is 1. The molecule has 0 aromatic heterocycles. The smallest absolute Gasteiger partial charge is 0.295 e. The summed E-state index contributed by atoms with van der Waals surface area (Å²) in [4.78, 5) is 28.8.